The molecule has 7 unspecified atom stereocenters. The van der Waals surface area contributed by atoms with Crippen molar-refractivity contribution in [1.82, 2.24) is 35.0 Å². The van der Waals surface area contributed by atoms with Crippen LogP contribution in [0.25, 0.3) is 33.5 Å². The highest BCUT2D eigenvalue weighted by molar-refractivity contribution is 5.93. The molecule has 2 saturated heterocycles. The van der Waals surface area contributed by atoms with Crippen molar-refractivity contribution in [2.45, 2.75) is 130 Å². The largest absolute Gasteiger partial charge is 0.352 e. The summed E-state index contributed by atoms with van der Waals surface area (Å²) in [7, 11) is 1.69. The van der Waals surface area contributed by atoms with Gasteiger partial charge in [0.15, 0.2) is 5.82 Å². The third-order valence-electron chi connectivity index (χ3n) is 12.6. The van der Waals surface area contributed by atoms with E-state index >= 15 is 4.39 Å². The average molecular weight is 820 g/mol. The summed E-state index contributed by atoms with van der Waals surface area (Å²) >= 11 is 0. The number of fused-ring (bicyclic) bond motifs is 2. The molecule has 3 N–H and O–H groups in total. The van der Waals surface area contributed by atoms with E-state index in [1.807, 2.05) is 51.0 Å². The molecule has 14 heteroatoms. The Morgan fingerprint density at radius 1 is 0.966 bits per heavy atom. The number of carbonyl (C=O) groups is 4. The number of alkyl halides is 1. The van der Waals surface area contributed by atoms with Gasteiger partial charge in [-0.15, -0.1) is 0 Å². The topological polar surface area (TPSA) is 132 Å². The van der Waals surface area contributed by atoms with E-state index in [1.54, 1.807) is 31.0 Å². The van der Waals surface area contributed by atoms with Crippen molar-refractivity contribution < 1.29 is 32.3 Å². The van der Waals surface area contributed by atoms with Gasteiger partial charge in [-0.25, -0.2) is 18.2 Å². The number of likely N-dealkylation sites (tertiary alicyclic amines) is 2. The fourth-order valence-electron chi connectivity index (χ4n) is 8.70. The van der Waals surface area contributed by atoms with Crippen molar-refractivity contribution in [1.29, 1.82) is 0 Å². The minimum absolute atomic E-state index is 0.0388. The number of hydrogen-bond donors (Lipinski definition) is 3. The van der Waals surface area contributed by atoms with Crippen LogP contribution in [-0.4, -0.2) is 98.3 Å². The third kappa shape index (κ3) is 9.22. The molecular weight excluding hydrogens is 760 g/mol. The minimum atomic E-state index is -1.27. The van der Waals surface area contributed by atoms with E-state index in [0.717, 1.165) is 6.42 Å². The van der Waals surface area contributed by atoms with Gasteiger partial charge in [-0.1, -0.05) is 41.5 Å². The Kier molecular flexibility index (Phi) is 13.3. The van der Waals surface area contributed by atoms with Gasteiger partial charge in [0.1, 0.15) is 29.6 Å². The molecule has 2 fully saturated rings. The molecule has 7 atom stereocenters. The number of Topliss-reactive ketones (excluding diaryl/α,β-unsaturated/α-hetero) is 1. The van der Waals surface area contributed by atoms with Crippen LogP contribution < -0.4 is 10.6 Å². The van der Waals surface area contributed by atoms with Crippen LogP contribution >= 0.6 is 0 Å². The van der Waals surface area contributed by atoms with Crippen LogP contribution in [0.15, 0.2) is 36.4 Å². The Bertz CT molecular complexity index is 2190. The molecule has 0 bridgehead atoms. The number of rotatable bonds is 15. The average Bonchev–Trinajstić information content (AvgIpc) is 3.98. The van der Waals surface area contributed by atoms with E-state index in [-0.39, 0.29) is 61.3 Å². The second-order valence-corrected chi connectivity index (χ2v) is 17.8. The van der Waals surface area contributed by atoms with Gasteiger partial charge in [-0.2, -0.15) is 0 Å². The second-order valence-electron chi connectivity index (χ2n) is 17.8. The van der Waals surface area contributed by atoms with Crippen LogP contribution in [0.2, 0.25) is 0 Å². The summed E-state index contributed by atoms with van der Waals surface area (Å²) in [4.78, 5) is 66.3. The molecular formula is C45H60F3N7O4. The second kappa shape index (κ2) is 17.9. The summed E-state index contributed by atoms with van der Waals surface area (Å²) in [5, 5.41) is 6.65. The predicted molar refractivity (Wildman–Crippen MR) is 223 cm³/mol. The van der Waals surface area contributed by atoms with Crippen molar-refractivity contribution in [3.63, 3.8) is 0 Å². The lowest BCUT2D eigenvalue weighted by Gasteiger charge is -2.36. The van der Waals surface area contributed by atoms with Crippen molar-refractivity contribution in [2.24, 2.45) is 17.3 Å². The standard InChI is InChI=1S/C45H60F3N7O4/c1-9-25(3)42(57)52-40(45(5,6)7)44(59)53-17-11-12-31(53)24-55-37-16-14-29(47)21-36(37)51-41(55)39-34(33-15-13-28(46)20-35(33)50-39)22-32-19-30(48)23-54(32)43(58)27(10-2)18-38(56)26(4)49-8/h13-16,20-21,25-27,30-32,40,49-50H,9-12,17-19,22-24H2,1-8H3,(H,52,57). The normalized spacial score (nSPS) is 20.6. The summed E-state index contributed by atoms with van der Waals surface area (Å²) in [5.41, 5.74) is 2.13. The first-order valence-electron chi connectivity index (χ1n) is 21.2. The number of aromatic amines is 1. The van der Waals surface area contributed by atoms with Crippen LogP contribution in [0, 0.1) is 28.9 Å². The van der Waals surface area contributed by atoms with Crippen molar-refractivity contribution in [3.05, 3.63) is 53.6 Å². The van der Waals surface area contributed by atoms with Crippen LogP contribution in [0.5, 0.6) is 0 Å². The summed E-state index contributed by atoms with van der Waals surface area (Å²) in [5.74, 6) is -2.09. The van der Waals surface area contributed by atoms with Gasteiger partial charge in [-0.05, 0) is 87.4 Å². The molecule has 4 aromatic rings. The van der Waals surface area contributed by atoms with Gasteiger partial charge in [0.2, 0.25) is 17.7 Å². The van der Waals surface area contributed by atoms with Gasteiger partial charge < -0.3 is 30.0 Å². The number of amides is 3. The zero-order valence-electron chi connectivity index (χ0n) is 35.6. The Morgan fingerprint density at radius 3 is 2.36 bits per heavy atom. The first-order chi connectivity index (χ1) is 27.9. The van der Waals surface area contributed by atoms with Crippen LogP contribution in [0.1, 0.15) is 92.6 Å². The number of hydrogen-bond acceptors (Lipinski definition) is 6. The van der Waals surface area contributed by atoms with Gasteiger partial charge in [0, 0.05) is 66.8 Å². The molecule has 59 heavy (non-hydrogen) atoms. The van der Waals surface area contributed by atoms with Crippen LogP contribution in [0.3, 0.4) is 0 Å². The van der Waals surface area contributed by atoms with E-state index in [4.69, 9.17) is 4.98 Å². The fourth-order valence-corrected chi connectivity index (χ4v) is 8.70. The zero-order valence-corrected chi connectivity index (χ0v) is 35.6. The lowest BCUT2D eigenvalue weighted by atomic mass is 9.85. The number of imidazole rings is 1. The number of aromatic nitrogens is 3. The monoisotopic (exact) mass is 819 g/mol. The number of likely N-dealkylation sites (N-methyl/N-ethyl adjacent to an activating group) is 1. The van der Waals surface area contributed by atoms with E-state index in [9.17, 15) is 28.0 Å². The predicted octanol–water partition coefficient (Wildman–Crippen LogP) is 7.11. The van der Waals surface area contributed by atoms with E-state index in [1.165, 1.54) is 24.3 Å². The molecule has 0 spiro atoms. The van der Waals surface area contributed by atoms with E-state index < -0.39 is 47.3 Å². The molecule has 2 aliphatic heterocycles. The highest BCUT2D eigenvalue weighted by Crippen LogP contribution is 2.38. The molecule has 2 aromatic carbocycles. The maximum Gasteiger partial charge on any atom is 0.246 e. The number of H-pyrrole nitrogens is 1. The van der Waals surface area contributed by atoms with Crippen LogP contribution in [0.4, 0.5) is 13.2 Å². The van der Waals surface area contributed by atoms with Gasteiger partial charge in [0.25, 0.3) is 0 Å². The third-order valence-corrected chi connectivity index (χ3v) is 12.6. The zero-order chi connectivity index (χ0) is 42.9. The maximum atomic E-state index is 15.4. The number of nitrogens with zero attached hydrogens (tertiary/aromatic N) is 4. The van der Waals surface area contributed by atoms with Gasteiger partial charge >= 0.3 is 0 Å². The summed E-state index contributed by atoms with van der Waals surface area (Å²) in [6, 6.07) is 6.70. The summed E-state index contributed by atoms with van der Waals surface area (Å²) in [6.07, 6.45) is 1.54. The number of ketones is 1. The first kappa shape index (κ1) is 43.8. The number of halogens is 3. The van der Waals surface area contributed by atoms with E-state index in [0.29, 0.717) is 71.4 Å². The van der Waals surface area contributed by atoms with E-state index in [2.05, 4.69) is 15.6 Å². The Hall–Kier alpha value is -4.72. The molecule has 4 heterocycles. The molecule has 2 aliphatic rings. The lowest BCUT2D eigenvalue weighted by Crippen LogP contribution is -2.56. The van der Waals surface area contributed by atoms with Crippen molar-refractivity contribution in [3.8, 4) is 11.5 Å². The highest BCUT2D eigenvalue weighted by Gasteiger charge is 2.42. The molecule has 3 amide bonds. The van der Waals surface area contributed by atoms with Crippen molar-refractivity contribution >= 4 is 45.4 Å². The van der Waals surface area contributed by atoms with Crippen LogP contribution in [-0.2, 0) is 32.1 Å². The smallest absolute Gasteiger partial charge is 0.246 e. The number of carbonyl (C=O) groups excluding carboxylic acids is 4. The van der Waals surface area contributed by atoms with Crippen molar-refractivity contribution in [2.75, 3.05) is 20.1 Å². The highest BCUT2D eigenvalue weighted by atomic mass is 19.1. The Labute approximate surface area is 344 Å². The first-order valence-corrected chi connectivity index (χ1v) is 21.2. The molecule has 6 rings (SSSR count). The molecule has 0 saturated carbocycles. The number of benzene rings is 2. The minimum Gasteiger partial charge on any atom is -0.352 e. The fraction of sp³-hybridized carbons (Fsp3) is 0.578. The molecule has 2 aromatic heterocycles. The summed E-state index contributed by atoms with van der Waals surface area (Å²) < 4.78 is 47.0. The molecule has 11 nitrogen and oxygen atoms in total. The van der Waals surface area contributed by atoms with Gasteiger partial charge in [-0.3, -0.25) is 19.2 Å². The Balaban J connectivity index is 1.40. The molecule has 320 valence electrons. The quantitative estimate of drug-likeness (QED) is 0.117. The maximum absolute atomic E-state index is 15.4. The molecule has 0 aliphatic carbocycles. The summed E-state index contributed by atoms with van der Waals surface area (Å²) in [6.45, 7) is 13.9. The molecule has 0 radical (unpaired) electrons. The lowest BCUT2D eigenvalue weighted by molar-refractivity contribution is -0.141. The number of nitrogens with one attached hydrogen (secondary N) is 3. The Morgan fingerprint density at radius 2 is 1.68 bits per heavy atom. The van der Waals surface area contributed by atoms with Gasteiger partial charge in [0.05, 0.1) is 29.3 Å². The SMILES string of the molecule is CCC(C)C(=O)NC(C(=O)N1CCCC1Cn1c(-c2[nH]c3cc(F)ccc3c2CC2CC(F)CN2C(=O)C(CC)CC(=O)C(C)NC)nc2cc(F)ccc21)C(C)(C)C.